The molecule has 0 unspecified atom stereocenters. The molecule has 3 rings (SSSR count). The first kappa shape index (κ1) is 17.5. The molecule has 1 heterocycles. The average Bonchev–Trinajstić information content (AvgIpc) is 3.06. The van der Waals surface area contributed by atoms with Gasteiger partial charge in [-0.15, -0.1) is 18.3 Å². The first-order chi connectivity index (χ1) is 12.3. The zero-order valence-electron chi connectivity index (χ0n) is 13.7. The molecular weight excluding hydrogens is 345 g/mol. The molecule has 3 aromatic rings. The van der Waals surface area contributed by atoms with Crippen molar-refractivity contribution >= 4 is 17.3 Å². The number of nitrogens with zero attached hydrogens (tertiary/aromatic N) is 3. The van der Waals surface area contributed by atoms with Crippen LogP contribution in [0.3, 0.4) is 0 Å². The van der Waals surface area contributed by atoms with E-state index in [9.17, 15) is 13.2 Å². The molecule has 1 aromatic heterocycles. The summed E-state index contributed by atoms with van der Waals surface area (Å²) in [5.41, 5.74) is 8.71. The van der Waals surface area contributed by atoms with Crippen LogP contribution in [0.5, 0.6) is 5.75 Å². The van der Waals surface area contributed by atoms with Gasteiger partial charge in [-0.05, 0) is 60.5 Å². The summed E-state index contributed by atoms with van der Waals surface area (Å²) in [6, 6.07) is 12.8. The molecule has 2 N–H and O–H groups in total. The Morgan fingerprint density at radius 2 is 1.73 bits per heavy atom. The fourth-order valence-electron chi connectivity index (χ4n) is 2.28. The molecule has 0 spiro atoms. The van der Waals surface area contributed by atoms with Crippen molar-refractivity contribution in [1.82, 2.24) is 14.8 Å². The third-order valence-electron chi connectivity index (χ3n) is 3.50. The summed E-state index contributed by atoms with van der Waals surface area (Å²) in [5, 5.41) is 4.35. The highest BCUT2D eigenvalue weighted by Crippen LogP contribution is 2.23. The largest absolute Gasteiger partial charge is 0.573 e. The average molecular weight is 360 g/mol. The summed E-state index contributed by atoms with van der Waals surface area (Å²) >= 11 is 0. The van der Waals surface area contributed by atoms with E-state index in [2.05, 4.69) is 14.8 Å². The standard InChI is InChI=1S/C18H15F3N4O/c1-12(10-13-2-4-14(22)5-3-13)17-23-11-25(24-17)15-6-8-16(9-7-15)26-18(19,20)21/h2-11H,22H2,1H3. The Morgan fingerprint density at radius 1 is 1.08 bits per heavy atom. The smallest absolute Gasteiger partial charge is 0.406 e. The van der Waals surface area contributed by atoms with Gasteiger partial charge in [0.1, 0.15) is 12.1 Å². The highest BCUT2D eigenvalue weighted by atomic mass is 19.4. The molecule has 0 bridgehead atoms. The Labute approximate surface area is 147 Å². The van der Waals surface area contributed by atoms with Crippen LogP contribution in [-0.2, 0) is 0 Å². The second-order valence-electron chi connectivity index (χ2n) is 5.55. The predicted octanol–water partition coefficient (Wildman–Crippen LogP) is 4.31. The molecule has 0 aliphatic rings. The summed E-state index contributed by atoms with van der Waals surface area (Å²) in [7, 11) is 0. The van der Waals surface area contributed by atoms with E-state index >= 15 is 0 Å². The van der Waals surface area contributed by atoms with Gasteiger partial charge in [0, 0.05) is 5.69 Å². The topological polar surface area (TPSA) is 66.0 Å². The highest BCUT2D eigenvalue weighted by molar-refractivity contribution is 5.77. The van der Waals surface area contributed by atoms with Crippen LogP contribution in [0.15, 0.2) is 54.9 Å². The number of alkyl halides is 3. The number of benzene rings is 2. The van der Waals surface area contributed by atoms with Crippen LogP contribution in [-0.4, -0.2) is 21.1 Å². The molecule has 0 atom stereocenters. The molecule has 2 aromatic carbocycles. The maximum atomic E-state index is 12.2. The number of ether oxygens (including phenoxy) is 1. The maximum Gasteiger partial charge on any atom is 0.573 e. The van der Waals surface area contributed by atoms with Gasteiger partial charge in [-0.3, -0.25) is 0 Å². The predicted molar refractivity (Wildman–Crippen MR) is 92.4 cm³/mol. The van der Waals surface area contributed by atoms with E-state index in [1.165, 1.54) is 35.3 Å². The summed E-state index contributed by atoms with van der Waals surface area (Å²) < 4.78 is 41.9. The van der Waals surface area contributed by atoms with Gasteiger partial charge in [-0.1, -0.05) is 12.1 Å². The molecule has 0 saturated heterocycles. The van der Waals surface area contributed by atoms with E-state index < -0.39 is 6.36 Å². The normalized spacial score (nSPS) is 12.2. The van der Waals surface area contributed by atoms with Crippen LogP contribution in [0.4, 0.5) is 18.9 Å². The number of allylic oxidation sites excluding steroid dienone is 1. The fourth-order valence-corrected chi connectivity index (χ4v) is 2.28. The molecule has 0 aliphatic heterocycles. The summed E-state index contributed by atoms with van der Waals surface area (Å²) in [6.07, 6.45) is -1.30. The second kappa shape index (κ2) is 6.91. The van der Waals surface area contributed by atoms with Crippen LogP contribution >= 0.6 is 0 Å². The third kappa shape index (κ3) is 4.41. The Morgan fingerprint density at radius 3 is 2.35 bits per heavy atom. The molecule has 134 valence electrons. The lowest BCUT2D eigenvalue weighted by molar-refractivity contribution is -0.274. The van der Waals surface area contributed by atoms with Crippen LogP contribution in [0.2, 0.25) is 0 Å². The molecule has 0 fully saturated rings. The molecule has 0 saturated carbocycles. The van der Waals surface area contributed by atoms with Crippen molar-refractivity contribution in [2.45, 2.75) is 13.3 Å². The van der Waals surface area contributed by atoms with Crippen molar-refractivity contribution in [3.63, 3.8) is 0 Å². The number of aromatic nitrogens is 3. The van der Waals surface area contributed by atoms with Gasteiger partial charge < -0.3 is 10.5 Å². The SMILES string of the molecule is CC(=Cc1ccc(N)cc1)c1ncn(-c2ccc(OC(F)(F)F)cc2)n1. The number of nitrogens with two attached hydrogens (primary N) is 1. The minimum atomic E-state index is -4.72. The van der Waals surface area contributed by atoms with Gasteiger partial charge in [0.15, 0.2) is 5.82 Å². The van der Waals surface area contributed by atoms with Crippen LogP contribution < -0.4 is 10.5 Å². The van der Waals surface area contributed by atoms with Gasteiger partial charge in [0.2, 0.25) is 0 Å². The minimum Gasteiger partial charge on any atom is -0.406 e. The summed E-state index contributed by atoms with van der Waals surface area (Å²) in [6.45, 7) is 1.87. The van der Waals surface area contributed by atoms with E-state index in [4.69, 9.17) is 5.73 Å². The number of halogens is 3. The van der Waals surface area contributed by atoms with Gasteiger partial charge in [-0.25, -0.2) is 9.67 Å². The molecule has 8 heteroatoms. The zero-order chi connectivity index (χ0) is 18.7. The molecule has 0 aliphatic carbocycles. The Bertz CT molecular complexity index is 913. The van der Waals surface area contributed by atoms with Crippen LogP contribution in [0.25, 0.3) is 17.3 Å². The summed E-state index contributed by atoms with van der Waals surface area (Å²) in [4.78, 5) is 4.24. The van der Waals surface area contributed by atoms with Gasteiger partial charge in [0.25, 0.3) is 0 Å². The van der Waals surface area contributed by atoms with Crippen molar-refractivity contribution in [2.24, 2.45) is 0 Å². The lowest BCUT2D eigenvalue weighted by Gasteiger charge is -2.09. The molecule has 5 nitrogen and oxygen atoms in total. The van der Waals surface area contributed by atoms with Crippen LogP contribution in [0.1, 0.15) is 18.3 Å². The Hall–Kier alpha value is -3.29. The van der Waals surface area contributed by atoms with Crippen LogP contribution in [0, 0.1) is 0 Å². The van der Waals surface area contributed by atoms with Crippen molar-refractivity contribution in [3.05, 3.63) is 66.2 Å². The van der Waals surface area contributed by atoms with Crippen molar-refractivity contribution < 1.29 is 17.9 Å². The van der Waals surface area contributed by atoms with E-state index in [0.717, 1.165) is 11.1 Å². The number of nitrogen functional groups attached to an aromatic ring is 1. The first-order valence-electron chi connectivity index (χ1n) is 7.62. The van der Waals surface area contributed by atoms with E-state index in [1.54, 1.807) is 12.1 Å². The Balaban J connectivity index is 1.78. The monoisotopic (exact) mass is 360 g/mol. The molecule has 0 amide bonds. The van der Waals surface area contributed by atoms with Gasteiger partial charge in [0.05, 0.1) is 5.69 Å². The van der Waals surface area contributed by atoms with E-state index in [-0.39, 0.29) is 5.75 Å². The lowest BCUT2D eigenvalue weighted by Crippen LogP contribution is -2.17. The van der Waals surface area contributed by atoms with Gasteiger partial charge >= 0.3 is 6.36 Å². The van der Waals surface area contributed by atoms with Gasteiger partial charge in [-0.2, -0.15) is 0 Å². The molecule has 26 heavy (non-hydrogen) atoms. The second-order valence-corrected chi connectivity index (χ2v) is 5.55. The Kier molecular flexibility index (Phi) is 4.66. The lowest BCUT2D eigenvalue weighted by atomic mass is 10.1. The first-order valence-corrected chi connectivity index (χ1v) is 7.62. The van der Waals surface area contributed by atoms with Crippen molar-refractivity contribution in [3.8, 4) is 11.4 Å². The van der Waals surface area contributed by atoms with Crippen molar-refractivity contribution in [1.29, 1.82) is 0 Å². The number of rotatable bonds is 4. The number of hydrogen-bond acceptors (Lipinski definition) is 4. The number of anilines is 1. The fraction of sp³-hybridized carbons (Fsp3) is 0.111. The zero-order valence-corrected chi connectivity index (χ0v) is 13.7. The number of hydrogen-bond donors (Lipinski definition) is 1. The van der Waals surface area contributed by atoms with E-state index in [1.807, 2.05) is 25.1 Å². The third-order valence-corrected chi connectivity index (χ3v) is 3.50. The maximum absolute atomic E-state index is 12.2. The minimum absolute atomic E-state index is 0.291. The quantitative estimate of drug-likeness (QED) is 0.704. The van der Waals surface area contributed by atoms with E-state index in [0.29, 0.717) is 17.2 Å². The van der Waals surface area contributed by atoms with Crippen molar-refractivity contribution in [2.75, 3.05) is 5.73 Å². The highest BCUT2D eigenvalue weighted by Gasteiger charge is 2.30. The molecular formula is C18H15F3N4O. The summed E-state index contributed by atoms with van der Waals surface area (Å²) in [5.74, 6) is 0.221. The molecule has 0 radical (unpaired) electrons.